The van der Waals surface area contributed by atoms with Crippen molar-refractivity contribution in [1.29, 1.82) is 0 Å². The summed E-state index contributed by atoms with van der Waals surface area (Å²) in [5.74, 6) is 0.499. The number of piperidine rings is 1. The largest absolute Gasteiger partial charge is 0.497 e. The summed E-state index contributed by atoms with van der Waals surface area (Å²) in [5.41, 5.74) is 1.25. The lowest BCUT2D eigenvalue weighted by Gasteiger charge is -2.42. The van der Waals surface area contributed by atoms with E-state index in [1.54, 1.807) is 36.3 Å². The molecule has 2 fully saturated rings. The number of likely N-dealkylation sites (N-methyl/N-ethyl adjacent to an activating group) is 1. The van der Waals surface area contributed by atoms with Gasteiger partial charge in [0.25, 0.3) is 5.91 Å². The van der Waals surface area contributed by atoms with Crippen molar-refractivity contribution in [2.75, 3.05) is 64.9 Å². The zero-order chi connectivity index (χ0) is 23.2. The molecule has 0 aromatic heterocycles. The van der Waals surface area contributed by atoms with Crippen molar-refractivity contribution >= 4 is 17.5 Å². The second kappa shape index (κ2) is 10.8. The maximum absolute atomic E-state index is 13.4. The number of carbonyl (C=O) groups is 2. The number of carbonyl (C=O) groups excluding carboxylic acids is 2. The fourth-order valence-electron chi connectivity index (χ4n) is 4.68. The molecule has 7 nitrogen and oxygen atoms in total. The van der Waals surface area contributed by atoms with Gasteiger partial charge in [0.15, 0.2) is 0 Å². The third kappa shape index (κ3) is 5.72. The molecule has 2 saturated heterocycles. The van der Waals surface area contributed by atoms with Gasteiger partial charge in [-0.15, -0.1) is 0 Å². The van der Waals surface area contributed by atoms with Crippen LogP contribution in [-0.4, -0.2) is 92.5 Å². The first-order chi connectivity index (χ1) is 16.0. The van der Waals surface area contributed by atoms with Gasteiger partial charge in [0.1, 0.15) is 12.3 Å². The molecule has 2 amide bonds. The molecule has 176 valence electrons. The predicted octanol–water partition coefficient (Wildman–Crippen LogP) is 2.58. The number of likely N-dealkylation sites (tertiary alicyclic amines) is 1. The molecule has 0 saturated carbocycles. The summed E-state index contributed by atoms with van der Waals surface area (Å²) in [6.07, 6.45) is 1.99. The second-order valence-electron chi connectivity index (χ2n) is 8.91. The number of amides is 2. The van der Waals surface area contributed by atoms with Gasteiger partial charge in [-0.25, -0.2) is 0 Å². The van der Waals surface area contributed by atoms with Crippen LogP contribution in [0.5, 0.6) is 5.75 Å². The fraction of sp³-hybridized carbons (Fsp3) is 0.462. The van der Waals surface area contributed by atoms with Crippen LogP contribution in [0.15, 0.2) is 54.6 Å². The van der Waals surface area contributed by atoms with Gasteiger partial charge in [-0.3, -0.25) is 19.4 Å². The normalized spacial score (nSPS) is 18.2. The molecule has 2 heterocycles. The molecule has 0 radical (unpaired) electrons. The molecule has 2 aromatic carbocycles. The van der Waals surface area contributed by atoms with E-state index in [-0.39, 0.29) is 18.4 Å². The minimum atomic E-state index is -0.190. The predicted molar refractivity (Wildman–Crippen MR) is 130 cm³/mol. The molecule has 33 heavy (non-hydrogen) atoms. The fourth-order valence-corrected chi connectivity index (χ4v) is 4.68. The van der Waals surface area contributed by atoms with Crippen molar-refractivity contribution in [3.63, 3.8) is 0 Å². The Kier molecular flexibility index (Phi) is 7.62. The van der Waals surface area contributed by atoms with E-state index in [0.717, 1.165) is 57.8 Å². The van der Waals surface area contributed by atoms with Crippen LogP contribution in [0.1, 0.15) is 23.2 Å². The van der Waals surface area contributed by atoms with Crippen molar-refractivity contribution in [3.8, 4) is 5.75 Å². The third-order valence-electron chi connectivity index (χ3n) is 6.81. The van der Waals surface area contributed by atoms with Gasteiger partial charge in [-0.2, -0.15) is 0 Å². The molecule has 2 aliphatic heterocycles. The Morgan fingerprint density at radius 1 is 0.909 bits per heavy atom. The first-order valence-electron chi connectivity index (χ1n) is 11.8. The van der Waals surface area contributed by atoms with Crippen molar-refractivity contribution in [1.82, 2.24) is 14.7 Å². The third-order valence-corrected chi connectivity index (χ3v) is 6.81. The van der Waals surface area contributed by atoms with Crippen LogP contribution < -0.4 is 9.64 Å². The summed E-state index contributed by atoms with van der Waals surface area (Å²) >= 11 is 0. The van der Waals surface area contributed by atoms with Crippen molar-refractivity contribution in [2.24, 2.45) is 0 Å². The summed E-state index contributed by atoms with van der Waals surface area (Å²) in [6, 6.07) is 17.0. The van der Waals surface area contributed by atoms with Crippen LogP contribution >= 0.6 is 0 Å². The van der Waals surface area contributed by atoms with Gasteiger partial charge in [0.05, 0.1) is 7.11 Å². The van der Waals surface area contributed by atoms with Crippen LogP contribution in [0, 0.1) is 0 Å². The summed E-state index contributed by atoms with van der Waals surface area (Å²) in [7, 11) is 3.77. The van der Waals surface area contributed by atoms with E-state index in [4.69, 9.17) is 4.74 Å². The van der Waals surface area contributed by atoms with Crippen LogP contribution in [0.4, 0.5) is 5.69 Å². The molecule has 0 bridgehead atoms. The van der Waals surface area contributed by atoms with Gasteiger partial charge in [0, 0.05) is 56.6 Å². The average molecular weight is 451 g/mol. The molecule has 2 aromatic rings. The lowest BCUT2D eigenvalue weighted by atomic mass is 10.0. The van der Waals surface area contributed by atoms with E-state index in [9.17, 15) is 9.59 Å². The van der Waals surface area contributed by atoms with E-state index in [0.29, 0.717) is 17.4 Å². The summed E-state index contributed by atoms with van der Waals surface area (Å²) in [5, 5.41) is 0. The number of ether oxygens (including phenoxy) is 1. The first kappa shape index (κ1) is 23.3. The monoisotopic (exact) mass is 450 g/mol. The molecular weight excluding hydrogens is 416 g/mol. The maximum Gasteiger partial charge on any atom is 0.258 e. The van der Waals surface area contributed by atoms with Crippen molar-refractivity contribution in [3.05, 3.63) is 60.2 Å². The number of hydrogen-bond donors (Lipinski definition) is 0. The first-order valence-corrected chi connectivity index (χ1v) is 11.8. The second-order valence-corrected chi connectivity index (χ2v) is 8.91. The van der Waals surface area contributed by atoms with Gasteiger partial charge in [-0.05, 0) is 56.3 Å². The van der Waals surface area contributed by atoms with E-state index < -0.39 is 0 Å². The smallest absolute Gasteiger partial charge is 0.258 e. The van der Waals surface area contributed by atoms with Crippen LogP contribution in [0.2, 0.25) is 0 Å². The van der Waals surface area contributed by atoms with Crippen LogP contribution in [-0.2, 0) is 4.79 Å². The number of anilines is 1. The Morgan fingerprint density at radius 2 is 1.55 bits per heavy atom. The van der Waals surface area contributed by atoms with E-state index in [1.165, 1.54) is 0 Å². The van der Waals surface area contributed by atoms with E-state index >= 15 is 0 Å². The molecule has 0 aliphatic carbocycles. The number of hydrogen-bond acceptors (Lipinski definition) is 5. The molecule has 0 spiro atoms. The van der Waals surface area contributed by atoms with Crippen molar-refractivity contribution < 1.29 is 14.3 Å². The van der Waals surface area contributed by atoms with Gasteiger partial charge >= 0.3 is 0 Å². The Hall–Kier alpha value is -2.90. The molecule has 2 aliphatic rings. The van der Waals surface area contributed by atoms with Gasteiger partial charge in [-0.1, -0.05) is 18.2 Å². The van der Waals surface area contributed by atoms with E-state index in [1.807, 2.05) is 35.2 Å². The molecule has 4 rings (SSSR count). The minimum Gasteiger partial charge on any atom is -0.497 e. The van der Waals surface area contributed by atoms with Crippen LogP contribution in [0.25, 0.3) is 0 Å². The van der Waals surface area contributed by atoms with E-state index in [2.05, 4.69) is 16.8 Å². The zero-order valence-corrected chi connectivity index (χ0v) is 19.7. The Bertz CT molecular complexity index is 918. The number of para-hydroxylation sites is 1. The molecule has 0 unspecified atom stereocenters. The average Bonchev–Trinajstić information content (AvgIpc) is 2.88. The highest BCUT2D eigenvalue weighted by Gasteiger charge is 2.30. The standard InChI is InChI=1S/C26H34N4O3/c1-27-16-18-28(19-17-27)22-12-14-29(15-13-22)25(31)20-30(23-6-4-3-5-7-23)26(32)21-8-10-24(33-2)11-9-21/h3-11,22H,12-20H2,1-2H3. The number of rotatable bonds is 6. The molecular formula is C26H34N4O3. The van der Waals surface area contributed by atoms with Gasteiger partial charge < -0.3 is 14.5 Å². The highest BCUT2D eigenvalue weighted by molar-refractivity contribution is 6.08. The lowest BCUT2D eigenvalue weighted by Crippen LogP contribution is -2.54. The molecule has 0 atom stereocenters. The zero-order valence-electron chi connectivity index (χ0n) is 19.7. The number of methoxy groups -OCH3 is 1. The maximum atomic E-state index is 13.4. The number of benzene rings is 2. The highest BCUT2D eigenvalue weighted by Crippen LogP contribution is 2.21. The SMILES string of the molecule is COc1ccc(C(=O)N(CC(=O)N2CCC(N3CCN(C)CC3)CC2)c2ccccc2)cc1. The number of piperazine rings is 1. The Balaban J connectivity index is 1.41. The molecule has 7 heteroatoms. The van der Waals surface area contributed by atoms with Gasteiger partial charge in [0.2, 0.25) is 5.91 Å². The number of nitrogens with zero attached hydrogens (tertiary/aromatic N) is 4. The highest BCUT2D eigenvalue weighted by atomic mass is 16.5. The summed E-state index contributed by atoms with van der Waals surface area (Å²) in [6.45, 7) is 5.95. The van der Waals surface area contributed by atoms with Crippen LogP contribution in [0.3, 0.4) is 0 Å². The lowest BCUT2D eigenvalue weighted by molar-refractivity contribution is -0.131. The topological polar surface area (TPSA) is 56.3 Å². The Morgan fingerprint density at radius 3 is 2.15 bits per heavy atom. The summed E-state index contributed by atoms with van der Waals surface area (Å²) in [4.78, 5) is 35.0. The molecule has 0 N–H and O–H groups in total. The van der Waals surface area contributed by atoms with Crippen molar-refractivity contribution in [2.45, 2.75) is 18.9 Å². The summed E-state index contributed by atoms with van der Waals surface area (Å²) < 4.78 is 5.20. The minimum absolute atomic E-state index is 0.00228. The Labute approximate surface area is 196 Å². The quantitative estimate of drug-likeness (QED) is 0.677.